The number of halogens is 2. The van der Waals surface area contributed by atoms with Gasteiger partial charge in [0.05, 0.1) is 10.6 Å². The third-order valence-electron chi connectivity index (χ3n) is 4.66. The fraction of sp³-hybridized carbons (Fsp3) is 0.300. The maximum absolute atomic E-state index is 12.4. The highest BCUT2D eigenvalue weighted by Gasteiger charge is 2.18. The number of nitrogens with one attached hydrogen (secondary N) is 2. The largest absolute Gasteiger partial charge is 0.369 e. The molecule has 7 heteroatoms. The van der Waals surface area contributed by atoms with Crippen molar-refractivity contribution >= 4 is 68.8 Å². The quantitative estimate of drug-likeness (QED) is 0.423. The van der Waals surface area contributed by atoms with Crippen LogP contribution in [0.4, 0.5) is 11.4 Å². The van der Waals surface area contributed by atoms with Crippen molar-refractivity contribution in [1.29, 1.82) is 0 Å². The van der Waals surface area contributed by atoms with Gasteiger partial charge in [-0.1, -0.05) is 11.6 Å². The molecule has 1 saturated heterocycles. The molecule has 0 radical (unpaired) electrons. The Morgan fingerprint density at radius 3 is 2.67 bits per heavy atom. The molecule has 4 nitrogen and oxygen atoms in total. The van der Waals surface area contributed by atoms with E-state index in [1.54, 1.807) is 12.1 Å². The van der Waals surface area contributed by atoms with Crippen LogP contribution in [0.3, 0.4) is 0 Å². The summed E-state index contributed by atoms with van der Waals surface area (Å²) in [6, 6.07) is 14.0. The normalized spacial score (nSPS) is 16.7. The van der Waals surface area contributed by atoms with E-state index in [4.69, 9.17) is 23.8 Å². The van der Waals surface area contributed by atoms with Gasteiger partial charge in [0.2, 0.25) is 0 Å². The molecule has 1 heterocycles. The molecule has 0 bridgehead atoms. The van der Waals surface area contributed by atoms with E-state index in [0.29, 0.717) is 16.6 Å². The Labute approximate surface area is 183 Å². The lowest BCUT2D eigenvalue weighted by Crippen LogP contribution is -2.37. The van der Waals surface area contributed by atoms with Gasteiger partial charge in [0.15, 0.2) is 5.11 Å². The first-order valence-electron chi connectivity index (χ1n) is 8.88. The molecule has 0 aliphatic carbocycles. The third-order valence-corrected chi connectivity index (χ3v) is 5.86. The van der Waals surface area contributed by atoms with Gasteiger partial charge in [-0.2, -0.15) is 0 Å². The van der Waals surface area contributed by atoms with Crippen molar-refractivity contribution in [2.24, 2.45) is 0 Å². The Kier molecular flexibility index (Phi) is 6.94. The Balaban J connectivity index is 1.60. The number of carbonyl (C=O) groups excluding carboxylic acids is 1. The maximum Gasteiger partial charge on any atom is 0.258 e. The van der Waals surface area contributed by atoms with Crippen molar-refractivity contribution in [3.05, 3.63) is 56.6 Å². The number of hydrogen-bond donors (Lipinski definition) is 2. The highest BCUT2D eigenvalue weighted by atomic mass is 127. The molecule has 3 rings (SSSR count). The molecule has 1 unspecified atom stereocenters. The van der Waals surface area contributed by atoms with E-state index < -0.39 is 0 Å². The summed E-state index contributed by atoms with van der Waals surface area (Å²) in [5.41, 5.74) is 2.46. The molecular formula is C20H21ClIN3OS. The predicted molar refractivity (Wildman–Crippen MR) is 125 cm³/mol. The van der Waals surface area contributed by atoms with Gasteiger partial charge in [0.25, 0.3) is 5.91 Å². The molecule has 2 aromatic rings. The number of anilines is 2. The minimum absolute atomic E-state index is 0.244. The van der Waals surface area contributed by atoms with Crippen molar-refractivity contribution in [3.8, 4) is 0 Å². The van der Waals surface area contributed by atoms with Crippen LogP contribution >= 0.6 is 46.4 Å². The molecule has 27 heavy (non-hydrogen) atoms. The topological polar surface area (TPSA) is 44.4 Å². The van der Waals surface area contributed by atoms with Gasteiger partial charge in [-0.15, -0.1) is 0 Å². The summed E-state index contributed by atoms with van der Waals surface area (Å²) >= 11 is 13.5. The lowest BCUT2D eigenvalue weighted by molar-refractivity contribution is 0.0978. The van der Waals surface area contributed by atoms with Crippen molar-refractivity contribution in [2.75, 3.05) is 16.8 Å². The molecule has 142 valence electrons. The number of amides is 1. The van der Waals surface area contributed by atoms with E-state index >= 15 is 0 Å². The van der Waals surface area contributed by atoms with Crippen LogP contribution in [-0.4, -0.2) is 23.6 Å². The zero-order valence-electron chi connectivity index (χ0n) is 15.0. The zero-order valence-corrected chi connectivity index (χ0v) is 18.7. The predicted octanol–water partition coefficient (Wildman–Crippen LogP) is 5.45. The molecule has 1 fully saturated rings. The van der Waals surface area contributed by atoms with Crippen LogP contribution < -0.4 is 15.5 Å². The summed E-state index contributed by atoms with van der Waals surface area (Å²) in [5, 5.41) is 6.38. The molecular weight excluding hydrogens is 493 g/mol. The van der Waals surface area contributed by atoms with E-state index in [9.17, 15) is 4.79 Å². The van der Waals surface area contributed by atoms with Gasteiger partial charge < -0.3 is 10.2 Å². The Hall–Kier alpha value is -1.38. The molecule has 2 N–H and O–H groups in total. The number of thiocarbonyl (C=S) groups is 1. The molecule has 2 aromatic carbocycles. The van der Waals surface area contributed by atoms with Gasteiger partial charge >= 0.3 is 0 Å². The molecule has 1 atom stereocenters. The monoisotopic (exact) mass is 513 g/mol. The molecule has 0 aromatic heterocycles. The number of hydrogen-bond acceptors (Lipinski definition) is 3. The van der Waals surface area contributed by atoms with Crippen molar-refractivity contribution in [1.82, 2.24) is 5.32 Å². The first kappa shape index (κ1) is 20.4. The third kappa shape index (κ3) is 5.33. The number of carbonyl (C=O) groups is 1. The number of nitrogens with zero attached hydrogens (tertiary/aromatic N) is 1. The average Bonchev–Trinajstić information content (AvgIpc) is 2.65. The second-order valence-electron chi connectivity index (χ2n) is 6.62. The van der Waals surface area contributed by atoms with Crippen LogP contribution in [0.15, 0.2) is 42.5 Å². The number of benzene rings is 2. The number of piperidine rings is 1. The fourth-order valence-corrected chi connectivity index (χ4v) is 4.13. The van der Waals surface area contributed by atoms with E-state index in [0.717, 1.165) is 15.8 Å². The molecule has 0 spiro atoms. The van der Waals surface area contributed by atoms with Crippen LogP contribution in [0, 0.1) is 3.57 Å². The second-order valence-corrected chi connectivity index (χ2v) is 8.68. The van der Waals surface area contributed by atoms with Crippen molar-refractivity contribution in [3.63, 3.8) is 0 Å². The van der Waals surface area contributed by atoms with Crippen LogP contribution in [0.25, 0.3) is 0 Å². The zero-order chi connectivity index (χ0) is 19.4. The van der Waals surface area contributed by atoms with E-state index in [1.807, 2.05) is 18.2 Å². The Morgan fingerprint density at radius 2 is 1.96 bits per heavy atom. The smallest absolute Gasteiger partial charge is 0.258 e. The van der Waals surface area contributed by atoms with Gasteiger partial charge in [0.1, 0.15) is 0 Å². The van der Waals surface area contributed by atoms with Crippen molar-refractivity contribution in [2.45, 2.75) is 32.2 Å². The Morgan fingerprint density at radius 1 is 1.22 bits per heavy atom. The van der Waals surface area contributed by atoms with Crippen LogP contribution in [-0.2, 0) is 0 Å². The maximum atomic E-state index is 12.4. The molecule has 1 aliphatic rings. The summed E-state index contributed by atoms with van der Waals surface area (Å²) in [6.45, 7) is 3.37. The van der Waals surface area contributed by atoms with Crippen LogP contribution in [0.5, 0.6) is 0 Å². The van der Waals surface area contributed by atoms with Crippen LogP contribution in [0.1, 0.15) is 36.5 Å². The van der Waals surface area contributed by atoms with E-state index in [1.165, 1.54) is 24.9 Å². The van der Waals surface area contributed by atoms with Gasteiger partial charge in [-0.05, 0) is 103 Å². The SMILES string of the molecule is CC1CCCCN1c1ccc(NC(=S)NC(=O)c2cc(I)ccc2Cl)cc1. The Bertz CT molecular complexity index is 844. The van der Waals surface area contributed by atoms with E-state index in [2.05, 4.69) is 57.2 Å². The first-order chi connectivity index (χ1) is 12.9. The average molecular weight is 514 g/mol. The standard InChI is InChI=1S/C20H21ClIN3OS/c1-13-4-2-3-11-25(13)16-8-6-15(7-9-16)23-20(27)24-19(26)17-12-14(22)5-10-18(17)21/h5-10,12-13H,2-4,11H2,1H3,(H2,23,24,26,27). The van der Waals surface area contributed by atoms with Gasteiger partial charge in [-0.25, -0.2) is 0 Å². The second kappa shape index (κ2) is 9.21. The first-order valence-corrected chi connectivity index (χ1v) is 10.7. The summed E-state index contributed by atoms with van der Waals surface area (Å²) < 4.78 is 0.934. The molecule has 1 aliphatic heterocycles. The minimum Gasteiger partial charge on any atom is -0.369 e. The van der Waals surface area contributed by atoms with Crippen molar-refractivity contribution < 1.29 is 4.79 Å². The summed E-state index contributed by atoms with van der Waals surface area (Å²) in [6.07, 6.45) is 3.77. The summed E-state index contributed by atoms with van der Waals surface area (Å²) in [7, 11) is 0. The summed E-state index contributed by atoms with van der Waals surface area (Å²) in [4.78, 5) is 14.8. The molecule has 1 amide bonds. The number of rotatable bonds is 3. The molecule has 0 saturated carbocycles. The highest BCUT2D eigenvalue weighted by Crippen LogP contribution is 2.26. The van der Waals surface area contributed by atoms with Gasteiger partial charge in [0, 0.05) is 27.5 Å². The van der Waals surface area contributed by atoms with E-state index in [-0.39, 0.29) is 11.0 Å². The highest BCUT2D eigenvalue weighted by molar-refractivity contribution is 14.1. The lowest BCUT2D eigenvalue weighted by atomic mass is 10.0. The minimum atomic E-state index is -0.324. The van der Waals surface area contributed by atoms with Crippen LogP contribution in [0.2, 0.25) is 5.02 Å². The van der Waals surface area contributed by atoms with Gasteiger partial charge in [-0.3, -0.25) is 10.1 Å². The summed E-state index contributed by atoms with van der Waals surface area (Å²) in [5.74, 6) is -0.324. The fourth-order valence-electron chi connectivity index (χ4n) is 3.22. The lowest BCUT2D eigenvalue weighted by Gasteiger charge is -2.35.